The average Bonchev–Trinajstić information content (AvgIpc) is 2.96. The Morgan fingerprint density at radius 1 is 0.927 bits per heavy atom. The zero-order chi connectivity index (χ0) is 30.8. The van der Waals surface area contributed by atoms with Gasteiger partial charge in [-0.25, -0.2) is 4.79 Å². The summed E-state index contributed by atoms with van der Waals surface area (Å²) in [6, 6.07) is 0. The van der Waals surface area contributed by atoms with Crippen LogP contribution in [0.4, 0.5) is 0 Å². The minimum atomic E-state index is -1.03. The van der Waals surface area contributed by atoms with Gasteiger partial charge >= 0.3 is 5.97 Å². The van der Waals surface area contributed by atoms with Crippen LogP contribution >= 0.6 is 0 Å². The Morgan fingerprint density at radius 2 is 1.61 bits per heavy atom. The van der Waals surface area contributed by atoms with Crippen molar-refractivity contribution in [2.75, 3.05) is 0 Å². The summed E-state index contributed by atoms with van der Waals surface area (Å²) in [4.78, 5) is 10.7. The number of carboxylic acids is 1. The first kappa shape index (κ1) is 37.0. The number of rotatable bonds is 19. The number of carboxylic acid groups (broad SMARTS) is 1. The van der Waals surface area contributed by atoms with Crippen molar-refractivity contribution in [2.45, 2.75) is 136 Å². The Hall–Kier alpha value is -1.99. The molecular formula is C35H58O6. The third-order valence-electron chi connectivity index (χ3n) is 8.25. The van der Waals surface area contributed by atoms with E-state index in [4.69, 9.17) is 9.84 Å². The topological polar surface area (TPSA) is 107 Å². The van der Waals surface area contributed by atoms with Crippen LogP contribution in [0.2, 0.25) is 0 Å². The van der Waals surface area contributed by atoms with Gasteiger partial charge in [-0.1, -0.05) is 94.2 Å². The lowest BCUT2D eigenvalue weighted by Gasteiger charge is -2.36. The number of aliphatic hydroxyl groups is 3. The van der Waals surface area contributed by atoms with Crippen LogP contribution in [0.1, 0.15) is 106 Å². The van der Waals surface area contributed by atoms with Crippen LogP contribution in [-0.2, 0) is 9.53 Å². The van der Waals surface area contributed by atoms with Gasteiger partial charge in [-0.15, -0.1) is 0 Å². The highest BCUT2D eigenvalue weighted by atomic mass is 16.5. The van der Waals surface area contributed by atoms with Gasteiger partial charge < -0.3 is 25.2 Å². The van der Waals surface area contributed by atoms with Crippen molar-refractivity contribution >= 4 is 5.97 Å². The van der Waals surface area contributed by atoms with Crippen LogP contribution in [0, 0.1) is 17.8 Å². The smallest absolute Gasteiger partial charge is 0.327 e. The largest absolute Gasteiger partial charge is 0.478 e. The summed E-state index contributed by atoms with van der Waals surface area (Å²) >= 11 is 0. The zero-order valence-electron chi connectivity index (χ0n) is 26.4. The molecule has 0 spiro atoms. The molecule has 0 bridgehead atoms. The first-order valence-electron chi connectivity index (χ1n) is 15.8. The summed E-state index contributed by atoms with van der Waals surface area (Å²) in [5.74, 6) is -0.659. The predicted octanol–water partition coefficient (Wildman–Crippen LogP) is 7.31. The van der Waals surface area contributed by atoms with E-state index >= 15 is 0 Å². The number of aliphatic carboxylic acids is 1. The van der Waals surface area contributed by atoms with Gasteiger partial charge in [-0.2, -0.15) is 0 Å². The number of carbonyl (C=O) groups is 1. The minimum Gasteiger partial charge on any atom is -0.478 e. The van der Waals surface area contributed by atoms with Crippen molar-refractivity contribution in [1.29, 1.82) is 0 Å². The number of unbranched alkanes of at least 4 members (excludes halogenated alkanes) is 1. The van der Waals surface area contributed by atoms with Crippen molar-refractivity contribution in [2.24, 2.45) is 17.8 Å². The lowest BCUT2D eigenvalue weighted by Crippen LogP contribution is -2.34. The van der Waals surface area contributed by atoms with E-state index in [0.717, 1.165) is 42.9 Å². The quantitative estimate of drug-likeness (QED) is 0.0952. The van der Waals surface area contributed by atoms with Crippen molar-refractivity contribution in [3.05, 3.63) is 59.8 Å². The molecule has 41 heavy (non-hydrogen) atoms. The van der Waals surface area contributed by atoms with E-state index in [0.29, 0.717) is 18.8 Å². The maximum Gasteiger partial charge on any atom is 0.327 e. The molecule has 1 heterocycles. The number of ether oxygens (including phenoxy) is 1. The van der Waals surface area contributed by atoms with Gasteiger partial charge in [0.1, 0.15) is 0 Å². The van der Waals surface area contributed by atoms with Gasteiger partial charge in [-0.3, -0.25) is 0 Å². The molecule has 1 fully saturated rings. The second-order valence-electron chi connectivity index (χ2n) is 12.0. The first-order valence-corrected chi connectivity index (χ1v) is 15.8. The highest BCUT2D eigenvalue weighted by molar-refractivity contribution is 5.79. The van der Waals surface area contributed by atoms with E-state index in [2.05, 4.69) is 39.0 Å². The summed E-state index contributed by atoms with van der Waals surface area (Å²) in [7, 11) is 0. The molecular weight excluding hydrogens is 516 g/mol. The fourth-order valence-corrected chi connectivity index (χ4v) is 4.98. The molecule has 4 N–H and O–H groups in total. The second kappa shape index (κ2) is 20.8. The van der Waals surface area contributed by atoms with Gasteiger partial charge in [0, 0.05) is 12.0 Å². The molecule has 0 radical (unpaired) electrons. The summed E-state index contributed by atoms with van der Waals surface area (Å²) in [6.45, 7) is 12.1. The minimum absolute atomic E-state index is 0.107. The van der Waals surface area contributed by atoms with Crippen LogP contribution in [0.3, 0.4) is 0 Å². The molecule has 0 aliphatic carbocycles. The van der Waals surface area contributed by atoms with E-state index in [-0.39, 0.29) is 30.1 Å². The van der Waals surface area contributed by atoms with Crippen LogP contribution in [0.25, 0.3) is 0 Å². The monoisotopic (exact) mass is 574 g/mol. The van der Waals surface area contributed by atoms with E-state index in [1.165, 1.54) is 31.8 Å². The molecule has 1 saturated heterocycles. The molecule has 6 nitrogen and oxygen atoms in total. The van der Waals surface area contributed by atoms with Gasteiger partial charge in [-0.05, 0) is 77.0 Å². The SMILES string of the molecule is CCCCC1CCC(CCC(C)C(O)C/C=C(C)/C=C/C(O)C(C)/C=C/C(=O)O)OC1/C=C/C(C)=C/CC(O)CC. The Bertz CT molecular complexity index is 885. The predicted molar refractivity (Wildman–Crippen MR) is 169 cm³/mol. The van der Waals surface area contributed by atoms with Crippen LogP contribution in [0.5, 0.6) is 0 Å². The molecule has 1 rings (SSSR count). The lowest BCUT2D eigenvalue weighted by atomic mass is 9.85. The number of aliphatic hydroxyl groups excluding tert-OH is 3. The van der Waals surface area contributed by atoms with Gasteiger partial charge in [0.05, 0.1) is 30.5 Å². The second-order valence-corrected chi connectivity index (χ2v) is 12.0. The third-order valence-corrected chi connectivity index (χ3v) is 8.25. The number of allylic oxidation sites excluding steroid dienone is 4. The number of hydrogen-bond acceptors (Lipinski definition) is 5. The van der Waals surface area contributed by atoms with E-state index < -0.39 is 18.2 Å². The van der Waals surface area contributed by atoms with E-state index in [1.807, 2.05) is 26.0 Å². The summed E-state index contributed by atoms with van der Waals surface area (Å²) in [6.07, 6.45) is 22.8. The number of hydrogen-bond donors (Lipinski definition) is 4. The molecule has 0 aromatic rings. The Balaban J connectivity index is 2.62. The Labute approximate surface area is 249 Å². The van der Waals surface area contributed by atoms with Crippen LogP contribution in [0.15, 0.2) is 59.8 Å². The van der Waals surface area contributed by atoms with Crippen molar-refractivity contribution in [3.8, 4) is 0 Å². The lowest BCUT2D eigenvalue weighted by molar-refractivity contribution is -0.131. The third kappa shape index (κ3) is 16.3. The van der Waals surface area contributed by atoms with Crippen LogP contribution < -0.4 is 0 Å². The Morgan fingerprint density at radius 3 is 2.27 bits per heavy atom. The van der Waals surface area contributed by atoms with E-state index in [9.17, 15) is 20.1 Å². The fraction of sp³-hybridized carbons (Fsp3) is 0.686. The first-order chi connectivity index (χ1) is 19.5. The van der Waals surface area contributed by atoms with Crippen LogP contribution in [-0.4, -0.2) is 56.9 Å². The maximum atomic E-state index is 10.8. The van der Waals surface area contributed by atoms with Crippen molar-refractivity contribution < 1.29 is 30.0 Å². The van der Waals surface area contributed by atoms with Gasteiger partial charge in [0.25, 0.3) is 0 Å². The molecule has 1 aliphatic heterocycles. The standard InChI is InChI=1S/C35H58O6/c1-7-9-10-29-17-20-31(41-34(29)23-14-25(3)11-18-30(36)8-2)19-15-27(5)32(37)21-12-26(4)13-22-33(38)28(6)16-24-35(39)40/h11-14,16,22-24,27-34,36-38H,7-10,15,17-21H2,1-6H3,(H,39,40)/b22-13+,23-14+,24-16+,25-11+,26-12+. The normalized spacial score (nSPS) is 24.7. The highest BCUT2D eigenvalue weighted by Gasteiger charge is 2.29. The molecule has 0 aromatic heterocycles. The summed E-state index contributed by atoms with van der Waals surface area (Å²) < 4.78 is 6.60. The molecule has 1 aliphatic rings. The molecule has 0 aromatic carbocycles. The van der Waals surface area contributed by atoms with Crippen molar-refractivity contribution in [1.82, 2.24) is 0 Å². The van der Waals surface area contributed by atoms with Gasteiger partial charge in [0.2, 0.25) is 0 Å². The summed E-state index contributed by atoms with van der Waals surface area (Å²) in [5, 5.41) is 39.5. The molecule has 6 heteroatoms. The molecule has 234 valence electrons. The molecule has 8 atom stereocenters. The highest BCUT2D eigenvalue weighted by Crippen LogP contribution is 2.33. The average molecular weight is 575 g/mol. The molecule has 0 amide bonds. The Kier molecular flexibility index (Phi) is 18.8. The zero-order valence-corrected chi connectivity index (χ0v) is 26.4. The fourth-order valence-electron chi connectivity index (χ4n) is 4.98. The van der Waals surface area contributed by atoms with E-state index in [1.54, 1.807) is 13.0 Å². The molecule has 8 unspecified atom stereocenters. The molecule has 0 saturated carbocycles. The van der Waals surface area contributed by atoms with Gasteiger partial charge in [0.15, 0.2) is 0 Å². The summed E-state index contributed by atoms with van der Waals surface area (Å²) in [5.41, 5.74) is 2.10. The maximum absolute atomic E-state index is 10.8. The van der Waals surface area contributed by atoms with Crippen molar-refractivity contribution in [3.63, 3.8) is 0 Å².